The first-order chi connectivity index (χ1) is 8.02. The van der Waals surface area contributed by atoms with Crippen molar-refractivity contribution in [2.24, 2.45) is 0 Å². The summed E-state index contributed by atoms with van der Waals surface area (Å²) in [7, 11) is 1.49. The third kappa shape index (κ3) is 4.85. The van der Waals surface area contributed by atoms with Crippen LogP contribution in [0.25, 0.3) is 0 Å². The van der Waals surface area contributed by atoms with Crippen LogP contribution in [0.1, 0.15) is 5.56 Å². The molecule has 0 aliphatic rings. The maximum atomic E-state index is 11.9. The van der Waals surface area contributed by atoms with Gasteiger partial charge in [0.1, 0.15) is 12.0 Å². The molecule has 0 aliphatic heterocycles. The quantitative estimate of drug-likeness (QED) is 0.774. The summed E-state index contributed by atoms with van der Waals surface area (Å²) in [4.78, 5) is 0. The van der Waals surface area contributed by atoms with Crippen LogP contribution < -0.4 is 10.1 Å². The summed E-state index contributed by atoms with van der Waals surface area (Å²) in [5.74, 6) is 0.562. The Balaban J connectivity index is 2.63. The van der Waals surface area contributed by atoms with Gasteiger partial charge in [-0.05, 0) is 23.8 Å². The van der Waals surface area contributed by atoms with Crippen molar-refractivity contribution in [3.05, 3.63) is 28.8 Å². The van der Waals surface area contributed by atoms with Crippen LogP contribution in [0.5, 0.6) is 5.75 Å². The van der Waals surface area contributed by atoms with Gasteiger partial charge in [0, 0.05) is 11.4 Å². The highest BCUT2D eigenvalue weighted by molar-refractivity contribution is 6.30. The molecule has 0 heterocycles. The number of aliphatic hydroxyl groups excluding tert-OH is 1. The minimum atomic E-state index is -2.49. The fourth-order valence-electron chi connectivity index (χ4n) is 1.41. The Morgan fingerprint density at radius 2 is 2.18 bits per heavy atom. The van der Waals surface area contributed by atoms with Crippen LogP contribution in [-0.2, 0) is 6.42 Å². The number of ether oxygens (including phenoxy) is 1. The molecule has 17 heavy (non-hydrogen) atoms. The Morgan fingerprint density at radius 3 is 2.76 bits per heavy atom. The van der Waals surface area contributed by atoms with Gasteiger partial charge in [0.25, 0.3) is 6.43 Å². The molecule has 96 valence electrons. The molecule has 1 unspecified atom stereocenters. The van der Waals surface area contributed by atoms with Gasteiger partial charge in [-0.3, -0.25) is 5.32 Å². The summed E-state index contributed by atoms with van der Waals surface area (Å²) in [6.45, 7) is -0.552. The van der Waals surface area contributed by atoms with E-state index >= 15 is 0 Å². The highest BCUT2D eigenvalue weighted by Crippen LogP contribution is 2.23. The second-order valence-electron chi connectivity index (χ2n) is 3.48. The van der Waals surface area contributed by atoms with Crippen LogP contribution in [0.3, 0.4) is 0 Å². The minimum Gasteiger partial charge on any atom is -0.496 e. The van der Waals surface area contributed by atoms with E-state index < -0.39 is 19.2 Å². The topological polar surface area (TPSA) is 41.5 Å². The van der Waals surface area contributed by atoms with Gasteiger partial charge >= 0.3 is 0 Å². The van der Waals surface area contributed by atoms with Crippen molar-refractivity contribution in [3.8, 4) is 5.75 Å². The number of halogens is 3. The van der Waals surface area contributed by atoms with Gasteiger partial charge in [-0.25, -0.2) is 8.78 Å². The van der Waals surface area contributed by atoms with E-state index in [-0.39, 0.29) is 6.42 Å². The van der Waals surface area contributed by atoms with E-state index in [2.05, 4.69) is 5.32 Å². The number of alkyl halides is 2. The van der Waals surface area contributed by atoms with Gasteiger partial charge in [-0.15, -0.1) is 0 Å². The van der Waals surface area contributed by atoms with Gasteiger partial charge in [0.05, 0.1) is 13.7 Å². The van der Waals surface area contributed by atoms with Gasteiger partial charge < -0.3 is 9.84 Å². The van der Waals surface area contributed by atoms with E-state index in [9.17, 15) is 13.9 Å². The fourth-order valence-corrected chi connectivity index (χ4v) is 1.61. The number of hydrogen-bond donors (Lipinski definition) is 2. The average Bonchev–Trinajstić information content (AvgIpc) is 2.27. The molecule has 1 rings (SSSR count). The van der Waals surface area contributed by atoms with Gasteiger partial charge in [0.2, 0.25) is 0 Å². The molecule has 1 atom stereocenters. The first-order valence-corrected chi connectivity index (χ1v) is 5.42. The van der Waals surface area contributed by atoms with E-state index in [4.69, 9.17) is 16.3 Å². The molecule has 0 aliphatic carbocycles. The third-order valence-electron chi connectivity index (χ3n) is 2.16. The molecular formula is C11H14ClF2NO2. The molecule has 0 aromatic heterocycles. The summed E-state index contributed by atoms with van der Waals surface area (Å²) in [5, 5.41) is 12.3. The molecule has 0 amide bonds. The summed E-state index contributed by atoms with van der Waals surface area (Å²) in [5.41, 5.74) is 0.661. The van der Waals surface area contributed by atoms with Crippen molar-refractivity contribution < 1.29 is 18.6 Å². The van der Waals surface area contributed by atoms with Gasteiger partial charge in [0.15, 0.2) is 0 Å². The zero-order chi connectivity index (χ0) is 12.8. The maximum absolute atomic E-state index is 11.9. The van der Waals surface area contributed by atoms with Crippen LogP contribution in [0.2, 0.25) is 5.02 Å². The molecular weight excluding hydrogens is 252 g/mol. The van der Waals surface area contributed by atoms with Crippen molar-refractivity contribution in [3.63, 3.8) is 0 Å². The SMILES string of the molecule is COc1ccc(Cl)cc1CC(O)NCC(F)F. The molecule has 1 aromatic carbocycles. The van der Waals surface area contributed by atoms with Crippen LogP contribution in [0, 0.1) is 0 Å². The molecule has 3 nitrogen and oxygen atoms in total. The van der Waals surface area contributed by atoms with E-state index in [1.165, 1.54) is 7.11 Å². The number of benzene rings is 1. The summed E-state index contributed by atoms with van der Waals surface area (Å²) < 4.78 is 28.9. The Hall–Kier alpha value is -0.910. The van der Waals surface area contributed by atoms with Crippen LogP contribution in [-0.4, -0.2) is 31.4 Å². The van der Waals surface area contributed by atoms with Gasteiger partial charge in [-0.1, -0.05) is 11.6 Å². The van der Waals surface area contributed by atoms with Crippen molar-refractivity contribution in [1.29, 1.82) is 0 Å². The zero-order valence-electron chi connectivity index (χ0n) is 9.29. The number of nitrogens with one attached hydrogen (secondary N) is 1. The Labute approximate surface area is 103 Å². The molecule has 1 aromatic rings. The fraction of sp³-hybridized carbons (Fsp3) is 0.455. The van der Waals surface area contributed by atoms with Crippen LogP contribution >= 0.6 is 11.6 Å². The smallest absolute Gasteiger partial charge is 0.250 e. The van der Waals surface area contributed by atoms with Crippen molar-refractivity contribution in [2.75, 3.05) is 13.7 Å². The summed E-state index contributed by atoms with van der Waals surface area (Å²) in [6.07, 6.45) is -3.40. The third-order valence-corrected chi connectivity index (χ3v) is 2.40. The van der Waals surface area contributed by atoms with Crippen molar-refractivity contribution >= 4 is 11.6 Å². The lowest BCUT2D eigenvalue weighted by molar-refractivity contribution is 0.0883. The van der Waals surface area contributed by atoms with Crippen molar-refractivity contribution in [2.45, 2.75) is 19.1 Å². The second-order valence-corrected chi connectivity index (χ2v) is 3.91. The van der Waals surface area contributed by atoms with Crippen LogP contribution in [0.15, 0.2) is 18.2 Å². The molecule has 0 radical (unpaired) electrons. The summed E-state index contributed by atoms with van der Waals surface area (Å²) in [6, 6.07) is 4.95. The minimum absolute atomic E-state index is 0.149. The van der Waals surface area contributed by atoms with Crippen LogP contribution in [0.4, 0.5) is 8.78 Å². The van der Waals surface area contributed by atoms with E-state index in [1.54, 1.807) is 18.2 Å². The lowest BCUT2D eigenvalue weighted by Gasteiger charge is -2.15. The lowest BCUT2D eigenvalue weighted by atomic mass is 10.1. The second kappa shape index (κ2) is 6.74. The molecule has 0 saturated heterocycles. The number of methoxy groups -OCH3 is 1. The Bertz CT molecular complexity index is 363. The monoisotopic (exact) mass is 265 g/mol. The predicted molar refractivity (Wildman–Crippen MR) is 61.7 cm³/mol. The zero-order valence-corrected chi connectivity index (χ0v) is 10.0. The highest BCUT2D eigenvalue weighted by atomic mass is 35.5. The Kier molecular flexibility index (Phi) is 5.61. The number of aliphatic hydroxyl groups is 1. The molecule has 6 heteroatoms. The number of hydrogen-bond acceptors (Lipinski definition) is 3. The lowest BCUT2D eigenvalue weighted by Crippen LogP contribution is -2.34. The van der Waals surface area contributed by atoms with Crippen molar-refractivity contribution in [1.82, 2.24) is 5.32 Å². The molecule has 0 bridgehead atoms. The Morgan fingerprint density at radius 1 is 1.47 bits per heavy atom. The van der Waals surface area contributed by atoms with Gasteiger partial charge in [-0.2, -0.15) is 0 Å². The largest absolute Gasteiger partial charge is 0.496 e. The average molecular weight is 266 g/mol. The highest BCUT2D eigenvalue weighted by Gasteiger charge is 2.12. The van der Waals surface area contributed by atoms with E-state index in [0.717, 1.165) is 0 Å². The first-order valence-electron chi connectivity index (χ1n) is 5.05. The summed E-state index contributed by atoms with van der Waals surface area (Å²) >= 11 is 5.81. The molecule has 2 N–H and O–H groups in total. The molecule has 0 saturated carbocycles. The molecule has 0 fully saturated rings. The maximum Gasteiger partial charge on any atom is 0.250 e. The van der Waals surface area contributed by atoms with E-state index in [0.29, 0.717) is 16.3 Å². The normalized spacial score (nSPS) is 12.8. The van der Waals surface area contributed by atoms with E-state index in [1.807, 2.05) is 0 Å². The molecule has 0 spiro atoms. The predicted octanol–water partition coefficient (Wildman–Crippen LogP) is 2.06. The first kappa shape index (κ1) is 14.2. The number of rotatable bonds is 6. The standard InChI is InChI=1S/C11H14ClF2NO2/c1-17-9-3-2-8(12)4-7(9)5-11(16)15-6-10(13)14/h2-4,10-11,15-16H,5-6H2,1H3.